The largest absolute Gasteiger partial charge is 0.377 e. The summed E-state index contributed by atoms with van der Waals surface area (Å²) >= 11 is 0. The van der Waals surface area contributed by atoms with Gasteiger partial charge in [-0.05, 0) is 50.7 Å². The number of hydrogen-bond acceptors (Lipinski definition) is 5. The number of nitro groups is 1. The lowest BCUT2D eigenvalue weighted by Crippen LogP contribution is -2.48. The van der Waals surface area contributed by atoms with Crippen LogP contribution < -0.4 is 10.6 Å². The Morgan fingerprint density at radius 1 is 0.967 bits per heavy atom. The van der Waals surface area contributed by atoms with Crippen molar-refractivity contribution in [3.05, 3.63) is 33.9 Å². The smallest absolute Gasteiger partial charge is 0.293 e. The maximum absolute atomic E-state index is 12.9. The van der Waals surface area contributed by atoms with Gasteiger partial charge in [-0.3, -0.25) is 19.7 Å². The Bertz CT molecular complexity index is 809. The topological polar surface area (TPSA) is 105 Å². The molecule has 1 aromatic carbocycles. The third-order valence-electron chi connectivity index (χ3n) is 6.48. The third kappa shape index (κ3) is 4.91. The average Bonchev–Trinajstić information content (AvgIpc) is 3.58. The third-order valence-corrected chi connectivity index (χ3v) is 6.48. The Kier molecular flexibility index (Phi) is 6.20. The van der Waals surface area contributed by atoms with E-state index in [0.29, 0.717) is 43.2 Å². The fourth-order valence-electron chi connectivity index (χ4n) is 4.48. The second-order valence-electron chi connectivity index (χ2n) is 8.82. The van der Waals surface area contributed by atoms with Gasteiger partial charge < -0.3 is 15.5 Å². The second-order valence-corrected chi connectivity index (χ2v) is 8.82. The van der Waals surface area contributed by atoms with E-state index in [1.165, 1.54) is 12.5 Å². The zero-order valence-electron chi connectivity index (χ0n) is 17.3. The number of anilines is 1. The molecular formula is C22H30N4O4. The molecule has 8 nitrogen and oxygen atoms in total. The Morgan fingerprint density at radius 2 is 1.67 bits per heavy atom. The zero-order valence-corrected chi connectivity index (χ0v) is 17.3. The number of carbonyl (C=O) groups excluding carboxylic acids is 2. The zero-order chi connectivity index (χ0) is 21.1. The van der Waals surface area contributed by atoms with E-state index in [1.807, 2.05) is 0 Å². The summed E-state index contributed by atoms with van der Waals surface area (Å²) in [6.07, 6.45) is 8.91. The normalized spacial score (nSPS) is 20.6. The quantitative estimate of drug-likeness (QED) is 0.548. The molecule has 0 bridgehead atoms. The lowest BCUT2D eigenvalue weighted by Gasteiger charge is -2.33. The number of hydrogen-bond donors (Lipinski definition) is 2. The molecule has 0 aromatic heterocycles. The molecule has 0 spiro atoms. The summed E-state index contributed by atoms with van der Waals surface area (Å²) in [5.74, 6) is 0.115. The van der Waals surface area contributed by atoms with Crippen LogP contribution in [-0.4, -0.2) is 46.8 Å². The number of carbonyl (C=O) groups is 2. The number of benzene rings is 1. The lowest BCUT2D eigenvalue weighted by atomic mass is 9.88. The van der Waals surface area contributed by atoms with E-state index in [4.69, 9.17) is 0 Å². The van der Waals surface area contributed by atoms with Crippen molar-refractivity contribution >= 4 is 23.2 Å². The molecule has 162 valence electrons. The van der Waals surface area contributed by atoms with Crippen molar-refractivity contribution in [2.24, 2.45) is 5.92 Å². The maximum Gasteiger partial charge on any atom is 0.293 e. The van der Waals surface area contributed by atoms with E-state index in [1.54, 1.807) is 17.0 Å². The molecule has 0 unspecified atom stereocenters. The van der Waals surface area contributed by atoms with E-state index in [-0.39, 0.29) is 29.5 Å². The summed E-state index contributed by atoms with van der Waals surface area (Å²) in [6.45, 7) is 1.09. The van der Waals surface area contributed by atoms with Gasteiger partial charge in [0.05, 0.1) is 4.92 Å². The second kappa shape index (κ2) is 9.02. The minimum Gasteiger partial charge on any atom is -0.377 e. The van der Waals surface area contributed by atoms with Crippen molar-refractivity contribution in [1.29, 1.82) is 0 Å². The fraction of sp³-hybridized carbons (Fsp3) is 0.636. The van der Waals surface area contributed by atoms with E-state index in [9.17, 15) is 19.7 Å². The SMILES string of the molecule is O=C(NC1CCN(C(=O)c2ccc(NC3CC3)c([N+](=O)[O-])c2)CC1)C1CCCCC1. The molecule has 1 saturated heterocycles. The monoisotopic (exact) mass is 414 g/mol. The van der Waals surface area contributed by atoms with Gasteiger partial charge in [-0.2, -0.15) is 0 Å². The molecule has 3 fully saturated rings. The van der Waals surface area contributed by atoms with E-state index >= 15 is 0 Å². The first-order chi connectivity index (χ1) is 14.5. The van der Waals surface area contributed by atoms with Crippen LogP contribution in [0.5, 0.6) is 0 Å². The highest BCUT2D eigenvalue weighted by Gasteiger charge is 2.29. The van der Waals surface area contributed by atoms with Crippen molar-refractivity contribution in [1.82, 2.24) is 10.2 Å². The average molecular weight is 415 g/mol. The Labute approximate surface area is 176 Å². The van der Waals surface area contributed by atoms with Crippen LogP contribution in [0.2, 0.25) is 0 Å². The number of nitrogens with zero attached hydrogens (tertiary/aromatic N) is 2. The highest BCUT2D eigenvalue weighted by atomic mass is 16.6. The lowest BCUT2D eigenvalue weighted by molar-refractivity contribution is -0.384. The van der Waals surface area contributed by atoms with Crippen LogP contribution in [0.25, 0.3) is 0 Å². The van der Waals surface area contributed by atoms with Gasteiger partial charge in [0.25, 0.3) is 11.6 Å². The summed E-state index contributed by atoms with van der Waals surface area (Å²) in [6, 6.07) is 5.08. The molecule has 2 amide bonds. The maximum atomic E-state index is 12.9. The molecule has 2 N–H and O–H groups in total. The molecule has 1 aromatic rings. The van der Waals surface area contributed by atoms with Crippen molar-refractivity contribution in [2.45, 2.75) is 69.9 Å². The molecule has 1 aliphatic heterocycles. The van der Waals surface area contributed by atoms with Crippen LogP contribution in [0.1, 0.15) is 68.1 Å². The van der Waals surface area contributed by atoms with Crippen LogP contribution in [0.4, 0.5) is 11.4 Å². The van der Waals surface area contributed by atoms with Gasteiger partial charge in [0.2, 0.25) is 5.91 Å². The molecule has 0 radical (unpaired) electrons. The summed E-state index contributed by atoms with van der Waals surface area (Å²) < 4.78 is 0. The van der Waals surface area contributed by atoms with Crippen LogP contribution in [-0.2, 0) is 4.79 Å². The molecule has 0 atom stereocenters. The number of likely N-dealkylation sites (tertiary alicyclic amines) is 1. The van der Waals surface area contributed by atoms with Gasteiger partial charge in [0.15, 0.2) is 0 Å². The number of piperidine rings is 1. The number of nitro benzene ring substituents is 1. The molecular weight excluding hydrogens is 384 g/mol. The predicted molar refractivity (Wildman–Crippen MR) is 113 cm³/mol. The molecule has 30 heavy (non-hydrogen) atoms. The first-order valence-electron chi connectivity index (χ1n) is 11.2. The highest BCUT2D eigenvalue weighted by Crippen LogP contribution is 2.32. The predicted octanol–water partition coefficient (Wildman–Crippen LogP) is 3.47. The van der Waals surface area contributed by atoms with Crippen LogP contribution >= 0.6 is 0 Å². The van der Waals surface area contributed by atoms with Gasteiger partial charge in [-0.15, -0.1) is 0 Å². The van der Waals surface area contributed by atoms with E-state index < -0.39 is 4.92 Å². The molecule has 3 aliphatic rings. The van der Waals surface area contributed by atoms with Crippen molar-refractivity contribution in [3.8, 4) is 0 Å². The minimum atomic E-state index is -0.436. The van der Waals surface area contributed by atoms with Crippen LogP contribution in [0.3, 0.4) is 0 Å². The first-order valence-corrected chi connectivity index (χ1v) is 11.2. The minimum absolute atomic E-state index is 0.0534. The summed E-state index contributed by atoms with van der Waals surface area (Å²) in [4.78, 5) is 38.1. The fourth-order valence-corrected chi connectivity index (χ4v) is 4.48. The molecule has 2 saturated carbocycles. The van der Waals surface area contributed by atoms with Gasteiger partial charge in [-0.25, -0.2) is 0 Å². The Balaban J connectivity index is 1.33. The highest BCUT2D eigenvalue weighted by molar-refractivity contribution is 5.96. The molecule has 1 heterocycles. The summed E-state index contributed by atoms with van der Waals surface area (Å²) in [7, 11) is 0. The number of nitrogens with one attached hydrogen (secondary N) is 2. The van der Waals surface area contributed by atoms with Crippen LogP contribution in [0, 0.1) is 16.0 Å². The van der Waals surface area contributed by atoms with E-state index in [0.717, 1.165) is 38.5 Å². The molecule has 2 aliphatic carbocycles. The van der Waals surface area contributed by atoms with Gasteiger partial charge in [-0.1, -0.05) is 19.3 Å². The van der Waals surface area contributed by atoms with Crippen LogP contribution in [0.15, 0.2) is 18.2 Å². The van der Waals surface area contributed by atoms with Crippen molar-refractivity contribution in [3.63, 3.8) is 0 Å². The molecule has 8 heteroatoms. The summed E-state index contributed by atoms with van der Waals surface area (Å²) in [5, 5.41) is 17.8. The number of rotatable bonds is 6. The van der Waals surface area contributed by atoms with Gasteiger partial charge in [0.1, 0.15) is 5.69 Å². The van der Waals surface area contributed by atoms with Crippen molar-refractivity contribution in [2.75, 3.05) is 18.4 Å². The number of amides is 2. The first kappa shape index (κ1) is 20.6. The standard InChI is InChI=1S/C22H30N4O4/c27-21(15-4-2-1-3-5-15)24-18-10-12-25(13-11-18)22(28)16-6-9-19(23-17-7-8-17)20(14-16)26(29)30/h6,9,14-15,17-18,23H,1-5,7-8,10-13H2,(H,24,27). The van der Waals surface area contributed by atoms with Crippen molar-refractivity contribution < 1.29 is 14.5 Å². The Morgan fingerprint density at radius 3 is 2.30 bits per heavy atom. The van der Waals surface area contributed by atoms with Gasteiger partial charge >= 0.3 is 0 Å². The van der Waals surface area contributed by atoms with E-state index in [2.05, 4.69) is 10.6 Å². The van der Waals surface area contributed by atoms with Gasteiger partial charge in [0, 0.05) is 42.7 Å². The Hall–Kier alpha value is -2.64. The molecule has 4 rings (SSSR count). The summed E-state index contributed by atoms with van der Waals surface area (Å²) in [5.41, 5.74) is 0.762.